The van der Waals surface area contributed by atoms with Crippen molar-refractivity contribution in [3.8, 4) is 0 Å². The van der Waals surface area contributed by atoms with E-state index in [2.05, 4.69) is 12.2 Å². The molecule has 0 heterocycles. The smallest absolute Gasteiger partial charge is 0.177 e. The van der Waals surface area contributed by atoms with E-state index in [1.165, 1.54) is 0 Å². The Morgan fingerprint density at radius 2 is 1.75 bits per heavy atom. The molecule has 1 aromatic rings. The second-order valence-corrected chi connectivity index (χ2v) is 8.80. The quantitative estimate of drug-likeness (QED) is 0.776. The van der Waals surface area contributed by atoms with Crippen LogP contribution in [0.4, 0.5) is 0 Å². The number of Topliss-reactive ketones (excluding diaryl/α,β-unsaturated/α-hetero) is 2. The SMILES string of the molecule is CC1=C(S(=O)c2ccc(C)cc2)C(=O)[C@@H]2[C@@H]3C=C[C@@H](C3)[C@]2(C)C1=O. The zero-order valence-electron chi connectivity index (χ0n) is 14.0. The van der Waals surface area contributed by atoms with Crippen LogP contribution in [-0.4, -0.2) is 15.8 Å². The number of fused-ring (bicyclic) bond motifs is 5. The monoisotopic (exact) mass is 340 g/mol. The second kappa shape index (κ2) is 5.09. The molecule has 4 heteroatoms. The van der Waals surface area contributed by atoms with Gasteiger partial charge in [0.2, 0.25) is 0 Å². The summed E-state index contributed by atoms with van der Waals surface area (Å²) in [4.78, 5) is 27.1. The minimum Gasteiger partial charge on any atom is -0.294 e. The minimum absolute atomic E-state index is 0.000545. The van der Waals surface area contributed by atoms with Gasteiger partial charge in [0.15, 0.2) is 11.6 Å². The van der Waals surface area contributed by atoms with Crippen LogP contribution in [0.3, 0.4) is 0 Å². The highest BCUT2D eigenvalue weighted by atomic mass is 32.2. The molecule has 0 aliphatic heterocycles. The van der Waals surface area contributed by atoms with Gasteiger partial charge in [-0.05, 0) is 44.2 Å². The fourth-order valence-corrected chi connectivity index (χ4v) is 6.01. The van der Waals surface area contributed by atoms with E-state index in [1.807, 2.05) is 26.0 Å². The molecule has 0 radical (unpaired) electrons. The van der Waals surface area contributed by atoms with Gasteiger partial charge >= 0.3 is 0 Å². The lowest BCUT2D eigenvalue weighted by molar-refractivity contribution is -0.137. The van der Waals surface area contributed by atoms with Crippen molar-refractivity contribution < 1.29 is 13.8 Å². The summed E-state index contributed by atoms with van der Waals surface area (Å²) < 4.78 is 13.0. The maximum absolute atomic E-state index is 13.2. The maximum atomic E-state index is 13.2. The van der Waals surface area contributed by atoms with Crippen LogP contribution in [0.1, 0.15) is 25.8 Å². The van der Waals surface area contributed by atoms with Crippen molar-refractivity contribution in [2.75, 3.05) is 0 Å². The Hall–Kier alpha value is -1.81. The van der Waals surface area contributed by atoms with Gasteiger partial charge in [0.1, 0.15) is 0 Å². The lowest BCUT2D eigenvalue weighted by Crippen LogP contribution is -2.48. The zero-order chi connectivity index (χ0) is 17.2. The second-order valence-electron chi connectivity index (χ2n) is 7.38. The molecule has 1 aromatic carbocycles. The Balaban J connectivity index is 1.82. The topological polar surface area (TPSA) is 51.2 Å². The third kappa shape index (κ3) is 1.86. The van der Waals surface area contributed by atoms with E-state index < -0.39 is 16.2 Å². The molecule has 0 N–H and O–H groups in total. The molecule has 1 saturated carbocycles. The molecule has 3 aliphatic rings. The number of benzene rings is 1. The van der Waals surface area contributed by atoms with Crippen molar-refractivity contribution in [3.63, 3.8) is 0 Å². The summed E-state index contributed by atoms with van der Waals surface area (Å²) in [5, 5.41) is 0. The lowest BCUT2D eigenvalue weighted by Gasteiger charge is -2.40. The average molecular weight is 340 g/mol. The number of hydrogen-bond donors (Lipinski definition) is 0. The van der Waals surface area contributed by atoms with Crippen molar-refractivity contribution in [2.24, 2.45) is 23.2 Å². The lowest BCUT2D eigenvalue weighted by atomic mass is 9.61. The standard InChI is InChI=1S/C20H20O3S/c1-11-4-8-15(9-5-11)24(23)18-12(2)19(22)20(3)14-7-6-13(10-14)16(20)17(18)21/h4-9,13-14,16H,10H2,1-3H3/t13-,14+,16+,20+,24?/m1/s1. The highest BCUT2D eigenvalue weighted by molar-refractivity contribution is 7.90. The Morgan fingerprint density at radius 1 is 1.08 bits per heavy atom. The molecule has 0 spiro atoms. The summed E-state index contributed by atoms with van der Waals surface area (Å²) in [5.74, 6) is -0.208. The first kappa shape index (κ1) is 15.7. The van der Waals surface area contributed by atoms with Crippen LogP contribution < -0.4 is 0 Å². The Morgan fingerprint density at radius 3 is 2.42 bits per heavy atom. The van der Waals surface area contributed by atoms with Crippen molar-refractivity contribution in [1.82, 2.24) is 0 Å². The van der Waals surface area contributed by atoms with Gasteiger partial charge < -0.3 is 0 Å². The molecule has 3 nitrogen and oxygen atoms in total. The van der Waals surface area contributed by atoms with Gasteiger partial charge in [-0.25, -0.2) is 4.21 Å². The molecule has 0 aromatic heterocycles. The number of ketones is 2. The summed E-state index contributed by atoms with van der Waals surface area (Å²) in [6.07, 6.45) is 5.01. The fraction of sp³-hybridized carbons (Fsp3) is 0.400. The van der Waals surface area contributed by atoms with Crippen LogP contribution in [-0.2, 0) is 20.4 Å². The van der Waals surface area contributed by atoms with Crippen LogP contribution in [0.2, 0.25) is 0 Å². The van der Waals surface area contributed by atoms with Crippen LogP contribution in [0.25, 0.3) is 0 Å². The molecule has 24 heavy (non-hydrogen) atoms. The summed E-state index contributed by atoms with van der Waals surface area (Å²) in [6, 6.07) is 7.31. The molecule has 0 amide bonds. The third-order valence-corrected chi connectivity index (χ3v) is 7.64. The predicted molar refractivity (Wildman–Crippen MR) is 92.6 cm³/mol. The molecular weight excluding hydrogens is 320 g/mol. The Labute approximate surface area is 144 Å². The van der Waals surface area contributed by atoms with E-state index >= 15 is 0 Å². The molecule has 124 valence electrons. The fourth-order valence-electron chi connectivity index (χ4n) is 4.71. The Bertz CT molecular complexity index is 846. The maximum Gasteiger partial charge on any atom is 0.177 e. The zero-order valence-corrected chi connectivity index (χ0v) is 14.9. The molecule has 1 fully saturated rings. The number of rotatable bonds is 2. The van der Waals surface area contributed by atoms with Gasteiger partial charge in [-0.15, -0.1) is 0 Å². The van der Waals surface area contributed by atoms with Gasteiger partial charge in [0.25, 0.3) is 0 Å². The van der Waals surface area contributed by atoms with Gasteiger partial charge in [-0.3, -0.25) is 9.59 Å². The van der Waals surface area contributed by atoms with E-state index in [-0.39, 0.29) is 34.2 Å². The van der Waals surface area contributed by atoms with Gasteiger partial charge in [-0.2, -0.15) is 0 Å². The van der Waals surface area contributed by atoms with E-state index in [9.17, 15) is 13.8 Å². The highest BCUT2D eigenvalue weighted by Gasteiger charge is 2.63. The van der Waals surface area contributed by atoms with E-state index in [0.29, 0.717) is 10.5 Å². The first-order valence-electron chi connectivity index (χ1n) is 8.32. The average Bonchev–Trinajstić information content (AvgIpc) is 3.13. The van der Waals surface area contributed by atoms with Gasteiger partial charge in [0, 0.05) is 21.8 Å². The summed E-state index contributed by atoms with van der Waals surface area (Å²) in [5.41, 5.74) is 0.804. The van der Waals surface area contributed by atoms with Crippen molar-refractivity contribution >= 4 is 22.4 Å². The first-order chi connectivity index (χ1) is 11.4. The summed E-state index contributed by atoms with van der Waals surface area (Å²) in [7, 11) is -1.60. The van der Waals surface area contributed by atoms with E-state index in [1.54, 1.807) is 19.1 Å². The number of aryl methyl sites for hydroxylation is 1. The number of hydrogen-bond acceptors (Lipinski definition) is 3. The van der Waals surface area contributed by atoms with Crippen molar-refractivity contribution in [3.05, 3.63) is 52.5 Å². The number of carbonyl (C=O) groups excluding carboxylic acids is 2. The van der Waals surface area contributed by atoms with Crippen LogP contribution >= 0.6 is 0 Å². The van der Waals surface area contributed by atoms with Gasteiger partial charge in [0.05, 0.1) is 15.7 Å². The van der Waals surface area contributed by atoms with Gasteiger partial charge in [-0.1, -0.05) is 36.8 Å². The third-order valence-electron chi connectivity index (χ3n) is 6.06. The molecule has 5 atom stereocenters. The molecular formula is C20H20O3S. The predicted octanol–water partition coefficient (Wildman–Crippen LogP) is 3.36. The van der Waals surface area contributed by atoms with Crippen LogP contribution in [0.5, 0.6) is 0 Å². The van der Waals surface area contributed by atoms with Crippen molar-refractivity contribution in [1.29, 1.82) is 0 Å². The summed E-state index contributed by atoms with van der Waals surface area (Å²) in [6.45, 7) is 5.54. The minimum atomic E-state index is -1.60. The Kier molecular flexibility index (Phi) is 3.33. The van der Waals surface area contributed by atoms with Crippen LogP contribution in [0, 0.1) is 30.1 Å². The molecule has 2 bridgehead atoms. The molecule has 0 saturated heterocycles. The normalized spacial score (nSPS) is 35.5. The van der Waals surface area contributed by atoms with E-state index in [0.717, 1.165) is 12.0 Å². The number of carbonyl (C=O) groups is 2. The highest BCUT2D eigenvalue weighted by Crippen LogP contribution is 2.60. The number of allylic oxidation sites excluding steroid dienone is 4. The molecule has 1 unspecified atom stereocenters. The molecule has 3 aliphatic carbocycles. The first-order valence-corrected chi connectivity index (χ1v) is 9.47. The van der Waals surface area contributed by atoms with Crippen molar-refractivity contribution in [2.45, 2.75) is 32.1 Å². The molecule has 4 rings (SSSR count). The van der Waals surface area contributed by atoms with Crippen LogP contribution in [0.15, 0.2) is 51.8 Å². The largest absolute Gasteiger partial charge is 0.294 e. The summed E-state index contributed by atoms with van der Waals surface area (Å²) >= 11 is 0. The van der Waals surface area contributed by atoms with E-state index in [4.69, 9.17) is 0 Å².